The van der Waals surface area contributed by atoms with Crippen LogP contribution in [0.2, 0.25) is 0 Å². The minimum Gasteiger partial charge on any atom is -0.355 e. The Kier molecular flexibility index (Phi) is 5.24. The van der Waals surface area contributed by atoms with E-state index in [1.807, 2.05) is 12.1 Å². The molecule has 0 atom stereocenters. The number of carbonyl (C=O) groups is 2. The standard InChI is InChI=1S/C11H13IN2O2/c1-8(15)13-6-7-14-11(16)9-2-4-10(12)5-3-9/h2-5H,6-7H2,1H3,(H,13,15)(H,14,16). The summed E-state index contributed by atoms with van der Waals surface area (Å²) in [7, 11) is 0. The molecule has 0 bridgehead atoms. The first-order valence-electron chi connectivity index (χ1n) is 4.88. The van der Waals surface area contributed by atoms with Crippen LogP contribution in [0.15, 0.2) is 24.3 Å². The molecule has 1 rings (SSSR count). The Morgan fingerprint density at radius 3 is 2.25 bits per heavy atom. The van der Waals surface area contributed by atoms with E-state index in [9.17, 15) is 9.59 Å². The Morgan fingerprint density at radius 2 is 1.69 bits per heavy atom. The summed E-state index contributed by atoms with van der Waals surface area (Å²) in [6, 6.07) is 7.30. The smallest absolute Gasteiger partial charge is 0.251 e. The number of hydrogen-bond donors (Lipinski definition) is 2. The summed E-state index contributed by atoms with van der Waals surface area (Å²) in [6.45, 7) is 2.33. The lowest BCUT2D eigenvalue weighted by Crippen LogP contribution is -2.33. The van der Waals surface area contributed by atoms with E-state index in [0.29, 0.717) is 18.7 Å². The SMILES string of the molecule is CC(=O)NCCNC(=O)c1ccc(I)cc1. The maximum Gasteiger partial charge on any atom is 0.251 e. The highest BCUT2D eigenvalue weighted by Gasteiger charge is 2.03. The lowest BCUT2D eigenvalue weighted by atomic mass is 10.2. The molecule has 4 nitrogen and oxygen atoms in total. The number of benzene rings is 1. The monoisotopic (exact) mass is 332 g/mol. The molecule has 16 heavy (non-hydrogen) atoms. The molecule has 1 aromatic carbocycles. The molecule has 86 valence electrons. The Labute approximate surface area is 108 Å². The molecular formula is C11H13IN2O2. The fourth-order valence-corrected chi connectivity index (χ4v) is 1.48. The van der Waals surface area contributed by atoms with Gasteiger partial charge in [-0.2, -0.15) is 0 Å². The summed E-state index contributed by atoms with van der Waals surface area (Å²) in [5, 5.41) is 5.32. The fourth-order valence-electron chi connectivity index (χ4n) is 1.12. The second-order valence-corrected chi connectivity index (χ2v) is 4.49. The molecule has 1 aromatic rings. The van der Waals surface area contributed by atoms with E-state index in [-0.39, 0.29) is 11.8 Å². The minimum absolute atomic E-state index is 0.0940. The Hall–Kier alpha value is -1.11. The molecule has 2 N–H and O–H groups in total. The van der Waals surface area contributed by atoms with Gasteiger partial charge in [-0.05, 0) is 46.9 Å². The quantitative estimate of drug-likeness (QED) is 0.642. The topological polar surface area (TPSA) is 58.2 Å². The highest BCUT2D eigenvalue weighted by molar-refractivity contribution is 14.1. The predicted molar refractivity (Wildman–Crippen MR) is 70.2 cm³/mol. The van der Waals surface area contributed by atoms with Crippen LogP contribution >= 0.6 is 22.6 Å². The normalized spacial score (nSPS) is 9.62. The van der Waals surface area contributed by atoms with E-state index >= 15 is 0 Å². The largest absolute Gasteiger partial charge is 0.355 e. The van der Waals surface area contributed by atoms with E-state index in [1.165, 1.54) is 6.92 Å². The zero-order valence-corrected chi connectivity index (χ0v) is 11.1. The fraction of sp³-hybridized carbons (Fsp3) is 0.273. The lowest BCUT2D eigenvalue weighted by Gasteiger charge is -2.05. The number of rotatable bonds is 4. The molecule has 0 saturated heterocycles. The van der Waals surface area contributed by atoms with E-state index in [2.05, 4.69) is 33.2 Å². The molecule has 0 aliphatic heterocycles. The van der Waals surface area contributed by atoms with Gasteiger partial charge in [0.2, 0.25) is 5.91 Å². The number of hydrogen-bond acceptors (Lipinski definition) is 2. The molecule has 0 heterocycles. The van der Waals surface area contributed by atoms with Crippen molar-refractivity contribution in [3.05, 3.63) is 33.4 Å². The zero-order chi connectivity index (χ0) is 12.0. The van der Waals surface area contributed by atoms with Crippen LogP contribution in [0, 0.1) is 3.57 Å². The van der Waals surface area contributed by atoms with Gasteiger partial charge in [0.1, 0.15) is 0 Å². The van der Waals surface area contributed by atoms with E-state index in [4.69, 9.17) is 0 Å². The van der Waals surface area contributed by atoms with Gasteiger partial charge in [-0.3, -0.25) is 9.59 Å². The maximum absolute atomic E-state index is 11.6. The van der Waals surface area contributed by atoms with Gasteiger partial charge >= 0.3 is 0 Å². The Balaban J connectivity index is 2.35. The lowest BCUT2D eigenvalue weighted by molar-refractivity contribution is -0.118. The van der Waals surface area contributed by atoms with Crippen molar-refractivity contribution in [1.29, 1.82) is 0 Å². The number of nitrogens with one attached hydrogen (secondary N) is 2. The van der Waals surface area contributed by atoms with Crippen molar-refractivity contribution in [3.63, 3.8) is 0 Å². The van der Waals surface area contributed by atoms with Crippen LogP contribution in [0.5, 0.6) is 0 Å². The van der Waals surface area contributed by atoms with Gasteiger partial charge in [-0.15, -0.1) is 0 Å². The van der Waals surface area contributed by atoms with Crippen molar-refractivity contribution in [2.24, 2.45) is 0 Å². The van der Waals surface area contributed by atoms with Gasteiger partial charge in [0.05, 0.1) is 0 Å². The van der Waals surface area contributed by atoms with Gasteiger partial charge in [0.25, 0.3) is 5.91 Å². The Morgan fingerprint density at radius 1 is 1.12 bits per heavy atom. The average molecular weight is 332 g/mol. The van der Waals surface area contributed by atoms with Gasteiger partial charge in [0, 0.05) is 29.1 Å². The van der Waals surface area contributed by atoms with Crippen molar-refractivity contribution in [1.82, 2.24) is 10.6 Å². The molecule has 0 radical (unpaired) electrons. The van der Waals surface area contributed by atoms with Crippen LogP contribution in [-0.4, -0.2) is 24.9 Å². The molecular weight excluding hydrogens is 319 g/mol. The minimum atomic E-state index is -0.123. The summed E-state index contributed by atoms with van der Waals surface area (Å²) in [5.41, 5.74) is 0.628. The molecule has 0 fully saturated rings. The van der Waals surface area contributed by atoms with E-state index in [1.54, 1.807) is 12.1 Å². The maximum atomic E-state index is 11.6. The molecule has 5 heteroatoms. The highest BCUT2D eigenvalue weighted by Crippen LogP contribution is 2.06. The van der Waals surface area contributed by atoms with Crippen LogP contribution < -0.4 is 10.6 Å². The number of amides is 2. The first-order valence-corrected chi connectivity index (χ1v) is 5.95. The molecule has 2 amide bonds. The molecule has 0 aliphatic rings. The third-order valence-electron chi connectivity index (χ3n) is 1.89. The van der Waals surface area contributed by atoms with Crippen LogP contribution in [0.25, 0.3) is 0 Å². The second-order valence-electron chi connectivity index (χ2n) is 3.25. The molecule has 0 spiro atoms. The predicted octanol–water partition coefficient (Wildman–Crippen LogP) is 1.16. The van der Waals surface area contributed by atoms with E-state index in [0.717, 1.165) is 3.57 Å². The summed E-state index contributed by atoms with van der Waals surface area (Å²) < 4.78 is 1.09. The summed E-state index contributed by atoms with van der Waals surface area (Å²) in [6.07, 6.45) is 0. The second kappa shape index (κ2) is 6.47. The molecule has 0 unspecified atom stereocenters. The van der Waals surface area contributed by atoms with Crippen molar-refractivity contribution in [2.75, 3.05) is 13.1 Å². The van der Waals surface area contributed by atoms with Crippen LogP contribution in [0.3, 0.4) is 0 Å². The van der Waals surface area contributed by atoms with Gasteiger partial charge in [-0.1, -0.05) is 0 Å². The molecule has 0 aromatic heterocycles. The van der Waals surface area contributed by atoms with Crippen LogP contribution in [0.1, 0.15) is 17.3 Å². The van der Waals surface area contributed by atoms with Gasteiger partial charge in [-0.25, -0.2) is 0 Å². The van der Waals surface area contributed by atoms with Crippen molar-refractivity contribution >= 4 is 34.4 Å². The van der Waals surface area contributed by atoms with Crippen molar-refractivity contribution < 1.29 is 9.59 Å². The zero-order valence-electron chi connectivity index (χ0n) is 8.92. The van der Waals surface area contributed by atoms with Crippen molar-refractivity contribution in [2.45, 2.75) is 6.92 Å². The third-order valence-corrected chi connectivity index (χ3v) is 2.61. The average Bonchev–Trinajstić information content (AvgIpc) is 2.25. The van der Waals surface area contributed by atoms with Gasteiger partial charge in [0.15, 0.2) is 0 Å². The highest BCUT2D eigenvalue weighted by atomic mass is 127. The van der Waals surface area contributed by atoms with E-state index < -0.39 is 0 Å². The van der Waals surface area contributed by atoms with Crippen LogP contribution in [0.4, 0.5) is 0 Å². The summed E-state index contributed by atoms with van der Waals surface area (Å²) in [4.78, 5) is 22.1. The first kappa shape index (κ1) is 13.0. The molecule has 0 aliphatic carbocycles. The van der Waals surface area contributed by atoms with Crippen LogP contribution in [-0.2, 0) is 4.79 Å². The summed E-state index contributed by atoms with van der Waals surface area (Å²) >= 11 is 2.18. The third kappa shape index (κ3) is 4.61. The first-order chi connectivity index (χ1) is 7.59. The summed E-state index contributed by atoms with van der Waals surface area (Å²) in [5.74, 6) is -0.217. The molecule has 0 saturated carbocycles. The number of halogens is 1. The number of carbonyl (C=O) groups excluding carboxylic acids is 2. The van der Waals surface area contributed by atoms with Crippen molar-refractivity contribution in [3.8, 4) is 0 Å². The van der Waals surface area contributed by atoms with Gasteiger partial charge < -0.3 is 10.6 Å². The Bertz CT molecular complexity index is 376.